The van der Waals surface area contributed by atoms with Gasteiger partial charge >= 0.3 is 0 Å². The number of hydrogen-bond acceptors (Lipinski definition) is 3. The Morgan fingerprint density at radius 3 is 2.50 bits per heavy atom. The van der Waals surface area contributed by atoms with Crippen LogP contribution in [0.25, 0.3) is 0 Å². The zero-order valence-electron chi connectivity index (χ0n) is 12.8. The van der Waals surface area contributed by atoms with Crippen LogP contribution in [0.5, 0.6) is 0 Å². The van der Waals surface area contributed by atoms with Crippen molar-refractivity contribution in [3.8, 4) is 0 Å². The van der Waals surface area contributed by atoms with Gasteiger partial charge in [-0.15, -0.1) is 11.3 Å². The van der Waals surface area contributed by atoms with Crippen LogP contribution in [0.15, 0.2) is 0 Å². The van der Waals surface area contributed by atoms with Gasteiger partial charge in [-0.1, -0.05) is 20.8 Å². The lowest BCUT2D eigenvalue weighted by atomic mass is 9.83. The standard InChI is InChI=1S/C15H28N2S/c1-7-8-16-11(2)9-15(5,6)10-14-17-12(3)13(4)18-14/h11,16H,7-10H2,1-6H3. The van der Waals surface area contributed by atoms with Crippen LogP contribution < -0.4 is 5.32 Å². The maximum Gasteiger partial charge on any atom is 0.0936 e. The fourth-order valence-corrected chi connectivity index (χ4v) is 3.58. The third-order valence-electron chi connectivity index (χ3n) is 3.30. The van der Waals surface area contributed by atoms with Gasteiger partial charge in [0.05, 0.1) is 10.7 Å². The van der Waals surface area contributed by atoms with Crippen molar-refractivity contribution in [1.82, 2.24) is 10.3 Å². The van der Waals surface area contributed by atoms with Crippen LogP contribution in [0.3, 0.4) is 0 Å². The summed E-state index contributed by atoms with van der Waals surface area (Å²) in [7, 11) is 0. The lowest BCUT2D eigenvalue weighted by Gasteiger charge is -2.27. The Kier molecular flexibility index (Phi) is 5.80. The molecule has 1 N–H and O–H groups in total. The first kappa shape index (κ1) is 15.6. The molecular formula is C15H28N2S. The molecule has 0 aromatic carbocycles. The first-order chi connectivity index (χ1) is 8.34. The van der Waals surface area contributed by atoms with E-state index in [4.69, 9.17) is 0 Å². The Morgan fingerprint density at radius 2 is 2.00 bits per heavy atom. The highest BCUT2D eigenvalue weighted by atomic mass is 32.1. The molecule has 1 atom stereocenters. The molecule has 1 unspecified atom stereocenters. The highest BCUT2D eigenvalue weighted by molar-refractivity contribution is 7.11. The van der Waals surface area contributed by atoms with Gasteiger partial charge in [-0.05, 0) is 45.6 Å². The minimum Gasteiger partial charge on any atom is -0.314 e. The van der Waals surface area contributed by atoms with Crippen LogP contribution >= 0.6 is 11.3 Å². The zero-order valence-corrected chi connectivity index (χ0v) is 13.6. The molecule has 0 aliphatic heterocycles. The van der Waals surface area contributed by atoms with E-state index in [1.165, 1.54) is 28.4 Å². The molecule has 0 radical (unpaired) electrons. The molecule has 0 fully saturated rings. The van der Waals surface area contributed by atoms with Crippen molar-refractivity contribution in [3.63, 3.8) is 0 Å². The van der Waals surface area contributed by atoms with Gasteiger partial charge in [0.2, 0.25) is 0 Å². The summed E-state index contributed by atoms with van der Waals surface area (Å²) in [6, 6.07) is 0.585. The van der Waals surface area contributed by atoms with Gasteiger partial charge < -0.3 is 5.32 Å². The van der Waals surface area contributed by atoms with E-state index in [0.29, 0.717) is 11.5 Å². The fraction of sp³-hybridized carbons (Fsp3) is 0.800. The van der Waals surface area contributed by atoms with E-state index in [9.17, 15) is 0 Å². The van der Waals surface area contributed by atoms with Crippen molar-refractivity contribution in [2.75, 3.05) is 6.54 Å². The van der Waals surface area contributed by atoms with Gasteiger partial charge in [0.1, 0.15) is 0 Å². The highest BCUT2D eigenvalue weighted by Gasteiger charge is 2.23. The molecule has 104 valence electrons. The molecule has 0 aliphatic rings. The molecule has 1 rings (SSSR count). The minimum atomic E-state index is 0.316. The first-order valence-electron chi connectivity index (χ1n) is 7.00. The third kappa shape index (κ3) is 5.07. The molecule has 0 bridgehead atoms. The second-order valence-electron chi connectivity index (χ2n) is 6.15. The van der Waals surface area contributed by atoms with Crippen LogP contribution in [0, 0.1) is 19.3 Å². The Bertz CT molecular complexity index is 349. The summed E-state index contributed by atoms with van der Waals surface area (Å²) in [6.45, 7) is 14.6. The van der Waals surface area contributed by atoms with E-state index in [-0.39, 0.29) is 0 Å². The monoisotopic (exact) mass is 268 g/mol. The van der Waals surface area contributed by atoms with Crippen molar-refractivity contribution in [2.24, 2.45) is 5.41 Å². The zero-order chi connectivity index (χ0) is 13.8. The van der Waals surface area contributed by atoms with E-state index < -0.39 is 0 Å². The summed E-state index contributed by atoms with van der Waals surface area (Å²) in [6.07, 6.45) is 3.49. The largest absolute Gasteiger partial charge is 0.314 e. The first-order valence-corrected chi connectivity index (χ1v) is 7.82. The number of rotatable bonds is 7. The number of nitrogens with zero attached hydrogens (tertiary/aromatic N) is 1. The molecule has 0 amide bonds. The molecule has 3 heteroatoms. The van der Waals surface area contributed by atoms with Gasteiger partial charge in [-0.2, -0.15) is 0 Å². The van der Waals surface area contributed by atoms with Crippen LogP contribution in [0.4, 0.5) is 0 Å². The smallest absolute Gasteiger partial charge is 0.0936 e. The average molecular weight is 268 g/mol. The van der Waals surface area contributed by atoms with E-state index in [1.807, 2.05) is 11.3 Å². The molecule has 0 aliphatic carbocycles. The van der Waals surface area contributed by atoms with Crippen LogP contribution in [-0.2, 0) is 6.42 Å². The second-order valence-corrected chi connectivity index (χ2v) is 7.44. The summed E-state index contributed by atoms with van der Waals surface area (Å²) in [5.41, 5.74) is 1.51. The number of thiazole rings is 1. The normalized spacial score (nSPS) is 13.9. The molecule has 1 aromatic heterocycles. The van der Waals surface area contributed by atoms with E-state index in [0.717, 1.165) is 13.0 Å². The van der Waals surface area contributed by atoms with Gasteiger partial charge in [0.15, 0.2) is 0 Å². The number of nitrogens with one attached hydrogen (secondary N) is 1. The third-order valence-corrected chi connectivity index (χ3v) is 4.38. The van der Waals surface area contributed by atoms with Crippen molar-refractivity contribution in [1.29, 1.82) is 0 Å². The summed E-state index contributed by atoms with van der Waals surface area (Å²) in [5, 5.41) is 4.86. The maximum atomic E-state index is 4.66. The molecule has 0 spiro atoms. The van der Waals surface area contributed by atoms with Crippen LogP contribution in [-0.4, -0.2) is 17.6 Å². The molecule has 0 saturated carbocycles. The Morgan fingerprint density at radius 1 is 1.33 bits per heavy atom. The Balaban J connectivity index is 2.53. The topological polar surface area (TPSA) is 24.9 Å². The number of hydrogen-bond donors (Lipinski definition) is 1. The molecular weight excluding hydrogens is 240 g/mol. The SMILES string of the molecule is CCCNC(C)CC(C)(C)Cc1nc(C)c(C)s1. The van der Waals surface area contributed by atoms with Gasteiger partial charge in [0, 0.05) is 17.3 Å². The second kappa shape index (κ2) is 6.67. The fourth-order valence-electron chi connectivity index (χ4n) is 2.39. The lowest BCUT2D eigenvalue weighted by Crippen LogP contribution is -2.32. The summed E-state index contributed by atoms with van der Waals surface area (Å²) < 4.78 is 0. The molecule has 2 nitrogen and oxygen atoms in total. The molecule has 18 heavy (non-hydrogen) atoms. The van der Waals surface area contributed by atoms with E-state index >= 15 is 0 Å². The van der Waals surface area contributed by atoms with Crippen molar-refractivity contribution in [2.45, 2.75) is 66.8 Å². The molecule has 1 heterocycles. The van der Waals surface area contributed by atoms with Gasteiger partial charge in [-0.25, -0.2) is 4.98 Å². The Hall–Kier alpha value is -0.410. The van der Waals surface area contributed by atoms with Gasteiger partial charge in [0.25, 0.3) is 0 Å². The quantitative estimate of drug-likeness (QED) is 0.805. The van der Waals surface area contributed by atoms with Gasteiger partial charge in [-0.3, -0.25) is 0 Å². The number of aryl methyl sites for hydroxylation is 2. The average Bonchev–Trinajstić information content (AvgIpc) is 2.53. The lowest BCUT2D eigenvalue weighted by molar-refractivity contribution is 0.286. The summed E-state index contributed by atoms with van der Waals surface area (Å²) >= 11 is 1.85. The molecule has 1 aromatic rings. The molecule has 0 saturated heterocycles. The highest BCUT2D eigenvalue weighted by Crippen LogP contribution is 2.30. The van der Waals surface area contributed by atoms with Crippen molar-refractivity contribution in [3.05, 3.63) is 15.6 Å². The minimum absolute atomic E-state index is 0.316. The predicted octanol–water partition coefficient (Wildman–Crippen LogP) is 4.11. The van der Waals surface area contributed by atoms with Crippen LogP contribution in [0.1, 0.15) is 56.1 Å². The summed E-state index contributed by atoms with van der Waals surface area (Å²) in [4.78, 5) is 6.02. The predicted molar refractivity (Wildman–Crippen MR) is 81.4 cm³/mol. The van der Waals surface area contributed by atoms with E-state index in [2.05, 4.69) is 51.8 Å². The number of aromatic nitrogens is 1. The van der Waals surface area contributed by atoms with E-state index in [1.54, 1.807) is 0 Å². The van der Waals surface area contributed by atoms with Crippen molar-refractivity contribution >= 4 is 11.3 Å². The summed E-state index contributed by atoms with van der Waals surface area (Å²) in [5.74, 6) is 0. The van der Waals surface area contributed by atoms with Crippen molar-refractivity contribution < 1.29 is 0 Å². The van der Waals surface area contributed by atoms with Crippen LogP contribution in [0.2, 0.25) is 0 Å². The maximum absolute atomic E-state index is 4.66. The Labute approximate surface area is 116 Å².